The number of likely N-dealkylation sites (tertiary alicyclic amines) is 1. The summed E-state index contributed by atoms with van der Waals surface area (Å²) in [6, 6.07) is 3.54. The van der Waals surface area contributed by atoms with Crippen LogP contribution in [0.3, 0.4) is 0 Å². The zero-order valence-corrected chi connectivity index (χ0v) is 14.6. The summed E-state index contributed by atoms with van der Waals surface area (Å²) in [5, 5.41) is 3.00. The van der Waals surface area contributed by atoms with E-state index in [1.165, 1.54) is 7.11 Å². The monoisotopic (exact) mass is 363 g/mol. The molecule has 0 saturated carbocycles. The maximum Gasteiger partial charge on any atom is 0.350 e. The van der Waals surface area contributed by atoms with Crippen LogP contribution in [0.25, 0.3) is 0 Å². The smallest absolute Gasteiger partial charge is 0.350 e. The van der Waals surface area contributed by atoms with Crippen molar-refractivity contribution >= 4 is 34.3 Å². The van der Waals surface area contributed by atoms with E-state index in [-0.39, 0.29) is 18.2 Å². The number of hydrogen-bond acceptors (Lipinski definition) is 7. The molecule has 132 valence electrons. The molecule has 9 heteroatoms. The summed E-state index contributed by atoms with van der Waals surface area (Å²) >= 11 is 1.05. The summed E-state index contributed by atoms with van der Waals surface area (Å²) in [6.07, 6.45) is 1.69. The second-order valence-electron chi connectivity index (χ2n) is 5.67. The number of carbonyl (C=O) groups excluding carboxylic acids is 3. The van der Waals surface area contributed by atoms with Gasteiger partial charge in [-0.15, -0.1) is 0 Å². The molecular weight excluding hydrogens is 346 g/mol. The van der Waals surface area contributed by atoms with Crippen LogP contribution in [-0.4, -0.2) is 41.3 Å². The summed E-state index contributed by atoms with van der Waals surface area (Å²) < 4.78 is 9.91. The fraction of sp³-hybridized carbons (Fsp3) is 0.375. The highest BCUT2D eigenvalue weighted by Gasteiger charge is 2.35. The number of aryl methyl sites for hydroxylation is 1. The van der Waals surface area contributed by atoms with Gasteiger partial charge in [-0.3, -0.25) is 9.59 Å². The summed E-state index contributed by atoms with van der Waals surface area (Å²) in [5.41, 5.74) is 0.495. The molecule has 1 N–H and O–H groups in total. The molecule has 2 aromatic heterocycles. The molecule has 1 atom stereocenters. The molecule has 3 heterocycles. The van der Waals surface area contributed by atoms with Crippen LogP contribution < -0.4 is 5.32 Å². The van der Waals surface area contributed by atoms with Gasteiger partial charge in [-0.05, 0) is 19.1 Å². The molecule has 0 unspecified atom stereocenters. The molecule has 0 aliphatic carbocycles. The van der Waals surface area contributed by atoms with E-state index in [1.807, 2.05) is 0 Å². The Bertz CT molecular complexity index is 799. The Kier molecular flexibility index (Phi) is 4.84. The maximum absolute atomic E-state index is 12.4. The molecule has 1 fully saturated rings. The highest BCUT2D eigenvalue weighted by Crippen LogP contribution is 2.26. The number of ether oxygens (including phenoxy) is 1. The Morgan fingerprint density at radius 2 is 2.32 bits per heavy atom. The molecular formula is C16H17N3O5S. The predicted molar refractivity (Wildman–Crippen MR) is 89.1 cm³/mol. The van der Waals surface area contributed by atoms with Crippen LogP contribution in [0.15, 0.2) is 22.8 Å². The van der Waals surface area contributed by atoms with E-state index in [1.54, 1.807) is 30.2 Å². The number of carbonyl (C=O) groups is 3. The first kappa shape index (κ1) is 17.2. The first-order chi connectivity index (χ1) is 12.0. The number of nitrogens with one attached hydrogen (secondary N) is 1. The number of rotatable bonds is 5. The lowest BCUT2D eigenvalue weighted by molar-refractivity contribution is -0.128. The lowest BCUT2D eigenvalue weighted by Crippen LogP contribution is -2.27. The van der Waals surface area contributed by atoms with Crippen LogP contribution in [0, 0.1) is 12.8 Å². The number of anilines is 1. The van der Waals surface area contributed by atoms with E-state index in [2.05, 4.69) is 15.0 Å². The van der Waals surface area contributed by atoms with Gasteiger partial charge in [0, 0.05) is 13.0 Å². The van der Waals surface area contributed by atoms with Gasteiger partial charge in [0.1, 0.15) is 10.6 Å². The SMILES string of the molecule is COC(=O)c1sc(NC(=O)[C@H]2CC(=O)N(Cc3ccco3)C2)nc1C. The van der Waals surface area contributed by atoms with E-state index in [4.69, 9.17) is 4.42 Å². The van der Waals surface area contributed by atoms with Crippen LogP contribution in [0.2, 0.25) is 0 Å². The Morgan fingerprint density at radius 3 is 3.00 bits per heavy atom. The van der Waals surface area contributed by atoms with Gasteiger partial charge in [-0.1, -0.05) is 11.3 Å². The number of thiazole rings is 1. The predicted octanol–water partition coefficient (Wildman–Crippen LogP) is 1.82. The van der Waals surface area contributed by atoms with Crippen molar-refractivity contribution < 1.29 is 23.5 Å². The van der Waals surface area contributed by atoms with Gasteiger partial charge in [0.05, 0.1) is 31.5 Å². The number of methoxy groups -OCH3 is 1. The molecule has 0 spiro atoms. The average molecular weight is 363 g/mol. The Balaban J connectivity index is 1.62. The topological polar surface area (TPSA) is 102 Å². The summed E-state index contributed by atoms with van der Waals surface area (Å²) in [6.45, 7) is 2.33. The third kappa shape index (κ3) is 3.71. The Morgan fingerprint density at radius 1 is 1.52 bits per heavy atom. The second-order valence-corrected chi connectivity index (χ2v) is 6.67. The average Bonchev–Trinajstić information content (AvgIpc) is 3.29. The summed E-state index contributed by atoms with van der Waals surface area (Å²) in [7, 11) is 1.29. The molecule has 0 aromatic carbocycles. The molecule has 2 aromatic rings. The van der Waals surface area contributed by atoms with Crippen molar-refractivity contribution in [3.63, 3.8) is 0 Å². The van der Waals surface area contributed by atoms with Crippen LogP contribution in [0.4, 0.5) is 5.13 Å². The van der Waals surface area contributed by atoms with Crippen molar-refractivity contribution in [1.82, 2.24) is 9.88 Å². The van der Waals surface area contributed by atoms with Gasteiger partial charge in [0.25, 0.3) is 0 Å². The molecule has 1 aliphatic heterocycles. The van der Waals surface area contributed by atoms with E-state index < -0.39 is 11.9 Å². The molecule has 3 rings (SSSR count). The van der Waals surface area contributed by atoms with E-state index in [0.717, 1.165) is 11.3 Å². The largest absolute Gasteiger partial charge is 0.467 e. The molecule has 0 bridgehead atoms. The number of esters is 1. The number of hydrogen-bond donors (Lipinski definition) is 1. The number of nitrogens with zero attached hydrogens (tertiary/aromatic N) is 2. The zero-order chi connectivity index (χ0) is 18.0. The third-order valence-corrected chi connectivity index (χ3v) is 4.96. The fourth-order valence-corrected chi connectivity index (χ4v) is 3.52. The van der Waals surface area contributed by atoms with Gasteiger partial charge in [-0.25, -0.2) is 9.78 Å². The first-order valence-electron chi connectivity index (χ1n) is 7.64. The summed E-state index contributed by atoms with van der Waals surface area (Å²) in [4.78, 5) is 42.2. The van der Waals surface area contributed by atoms with Crippen LogP contribution in [-0.2, 0) is 20.9 Å². The van der Waals surface area contributed by atoms with Crippen molar-refractivity contribution in [2.24, 2.45) is 5.92 Å². The number of aromatic nitrogens is 1. The molecule has 2 amide bonds. The number of furan rings is 1. The van der Waals surface area contributed by atoms with E-state index in [9.17, 15) is 14.4 Å². The first-order valence-corrected chi connectivity index (χ1v) is 8.46. The van der Waals surface area contributed by atoms with Crippen molar-refractivity contribution in [1.29, 1.82) is 0 Å². The Labute approximate surface area is 147 Å². The van der Waals surface area contributed by atoms with Gasteiger partial charge in [-0.2, -0.15) is 0 Å². The highest BCUT2D eigenvalue weighted by molar-refractivity contribution is 7.17. The van der Waals surface area contributed by atoms with Gasteiger partial charge >= 0.3 is 5.97 Å². The minimum absolute atomic E-state index is 0.0953. The molecule has 1 saturated heterocycles. The minimum Gasteiger partial charge on any atom is -0.467 e. The molecule has 8 nitrogen and oxygen atoms in total. The lowest BCUT2D eigenvalue weighted by Gasteiger charge is -2.14. The maximum atomic E-state index is 12.4. The standard InChI is InChI=1S/C16H17N3O5S/c1-9-13(15(22)23-2)25-16(17-9)18-14(21)10-6-12(20)19(7-10)8-11-4-3-5-24-11/h3-5,10H,6-8H2,1-2H3,(H,17,18,21)/t10-/m0/s1. The van der Waals surface area contributed by atoms with Crippen molar-refractivity contribution in [2.75, 3.05) is 19.0 Å². The number of amides is 2. The third-order valence-electron chi connectivity index (χ3n) is 3.91. The Hall–Kier alpha value is -2.68. The fourth-order valence-electron chi connectivity index (χ4n) is 2.63. The van der Waals surface area contributed by atoms with Gasteiger partial charge in [0.15, 0.2) is 5.13 Å². The van der Waals surface area contributed by atoms with Crippen LogP contribution >= 0.6 is 11.3 Å². The molecule has 0 radical (unpaired) electrons. The van der Waals surface area contributed by atoms with Crippen LogP contribution in [0.1, 0.15) is 27.5 Å². The van der Waals surface area contributed by atoms with Crippen molar-refractivity contribution in [3.8, 4) is 0 Å². The minimum atomic E-state index is -0.490. The van der Waals surface area contributed by atoms with Crippen LogP contribution in [0.5, 0.6) is 0 Å². The van der Waals surface area contributed by atoms with E-state index >= 15 is 0 Å². The normalized spacial score (nSPS) is 17.0. The lowest BCUT2D eigenvalue weighted by atomic mass is 10.1. The summed E-state index contributed by atoms with van der Waals surface area (Å²) in [5.74, 6) is -0.667. The van der Waals surface area contributed by atoms with Gasteiger partial charge < -0.3 is 19.4 Å². The van der Waals surface area contributed by atoms with E-state index in [0.29, 0.717) is 34.6 Å². The van der Waals surface area contributed by atoms with Crippen molar-refractivity contribution in [3.05, 3.63) is 34.7 Å². The zero-order valence-electron chi connectivity index (χ0n) is 13.8. The highest BCUT2D eigenvalue weighted by atomic mass is 32.1. The molecule has 1 aliphatic rings. The second kappa shape index (κ2) is 7.06. The van der Waals surface area contributed by atoms with Gasteiger partial charge in [0.2, 0.25) is 11.8 Å². The van der Waals surface area contributed by atoms with Crippen molar-refractivity contribution in [2.45, 2.75) is 19.9 Å². The quantitative estimate of drug-likeness (QED) is 0.813. The molecule has 25 heavy (non-hydrogen) atoms.